The van der Waals surface area contributed by atoms with Crippen LogP contribution in [0.15, 0.2) is 71.2 Å². The second-order valence-corrected chi connectivity index (χ2v) is 10.5. The van der Waals surface area contributed by atoms with E-state index in [1.54, 1.807) is 44.6 Å². The highest BCUT2D eigenvalue weighted by Crippen LogP contribution is 2.62. The number of nitrogens with zero attached hydrogens (tertiary/aromatic N) is 2. The summed E-state index contributed by atoms with van der Waals surface area (Å²) in [6.45, 7) is 0. The molecule has 1 saturated heterocycles. The standard InChI is InChI=1S/C29H21BrN2O7/c1-38-17-8-3-14(4-9-17)21-22(15-5-10-18(39-2)11-6-15)24-26-25(23(21)27(24)33)28(34)31(29(26)35)19-12-7-16(30)13-20(19)32(36)37/h3-13,23-26H,1-2H3. The first-order valence-corrected chi connectivity index (χ1v) is 12.9. The number of carbonyl (C=O) groups excluding carboxylic acids is 3. The topological polar surface area (TPSA) is 116 Å². The number of allylic oxidation sites excluding steroid dienone is 2. The van der Waals surface area contributed by atoms with Crippen molar-refractivity contribution < 1.29 is 28.8 Å². The molecule has 1 saturated carbocycles. The average molecular weight is 589 g/mol. The fourth-order valence-electron chi connectivity index (χ4n) is 6.22. The fraction of sp³-hybridized carbons (Fsp3) is 0.207. The number of fused-ring (bicyclic) bond motifs is 5. The number of hydrogen-bond acceptors (Lipinski definition) is 7. The Morgan fingerprint density at radius 2 is 1.23 bits per heavy atom. The molecule has 196 valence electrons. The number of anilines is 1. The van der Waals surface area contributed by atoms with E-state index < -0.39 is 40.4 Å². The largest absolute Gasteiger partial charge is 0.497 e. The first-order chi connectivity index (χ1) is 18.8. The van der Waals surface area contributed by atoms with Gasteiger partial charge >= 0.3 is 0 Å². The summed E-state index contributed by atoms with van der Waals surface area (Å²) >= 11 is 3.21. The van der Waals surface area contributed by atoms with Gasteiger partial charge in [0.25, 0.3) is 5.69 Å². The SMILES string of the molecule is COc1ccc(C2=C(c3ccc(OC)cc3)C3C(=O)C2C2C(=O)N(c4ccc(Br)cc4[N+](=O)[O-])C(=O)C32)cc1. The Morgan fingerprint density at radius 1 is 0.769 bits per heavy atom. The van der Waals surface area contributed by atoms with Crippen LogP contribution < -0.4 is 14.4 Å². The molecule has 10 heteroatoms. The van der Waals surface area contributed by atoms with Gasteiger partial charge in [-0.2, -0.15) is 0 Å². The molecule has 2 fully saturated rings. The van der Waals surface area contributed by atoms with Crippen molar-refractivity contribution in [3.05, 3.63) is 92.4 Å². The summed E-state index contributed by atoms with van der Waals surface area (Å²) in [5.74, 6) is -3.73. The van der Waals surface area contributed by atoms with Crippen molar-refractivity contribution in [1.82, 2.24) is 0 Å². The Kier molecular flexibility index (Phi) is 5.87. The van der Waals surface area contributed by atoms with Crippen molar-refractivity contribution in [3.8, 4) is 11.5 Å². The fourth-order valence-corrected chi connectivity index (χ4v) is 6.57. The number of ether oxygens (including phenoxy) is 2. The third-order valence-electron chi connectivity index (χ3n) is 7.82. The highest BCUT2D eigenvalue weighted by atomic mass is 79.9. The van der Waals surface area contributed by atoms with Crippen molar-refractivity contribution >= 4 is 56.0 Å². The number of benzene rings is 3. The van der Waals surface area contributed by atoms with Crippen molar-refractivity contribution in [1.29, 1.82) is 0 Å². The minimum absolute atomic E-state index is 0.101. The molecule has 3 aromatic carbocycles. The number of imide groups is 1. The maximum Gasteiger partial charge on any atom is 0.294 e. The molecule has 0 N–H and O–H groups in total. The van der Waals surface area contributed by atoms with E-state index in [0.29, 0.717) is 27.1 Å². The van der Waals surface area contributed by atoms with Crippen LogP contribution in [0.3, 0.4) is 0 Å². The Morgan fingerprint density at radius 3 is 1.64 bits per heavy atom. The lowest BCUT2D eigenvalue weighted by atomic mass is 9.73. The lowest BCUT2D eigenvalue weighted by Gasteiger charge is -2.26. The van der Waals surface area contributed by atoms with Crippen molar-refractivity contribution in [3.63, 3.8) is 0 Å². The molecular formula is C29H21BrN2O7. The van der Waals surface area contributed by atoms with Crippen LogP contribution in [-0.2, 0) is 14.4 Å². The van der Waals surface area contributed by atoms with Gasteiger partial charge < -0.3 is 9.47 Å². The predicted molar refractivity (Wildman–Crippen MR) is 145 cm³/mol. The molecule has 2 amide bonds. The summed E-state index contributed by atoms with van der Waals surface area (Å²) in [7, 11) is 3.11. The van der Waals surface area contributed by atoms with Crippen LogP contribution in [0, 0.1) is 33.8 Å². The zero-order valence-electron chi connectivity index (χ0n) is 20.8. The number of amides is 2. The van der Waals surface area contributed by atoms with Gasteiger partial charge in [-0.15, -0.1) is 0 Å². The third-order valence-corrected chi connectivity index (χ3v) is 8.31. The van der Waals surface area contributed by atoms with E-state index in [9.17, 15) is 24.5 Å². The molecule has 3 aromatic rings. The number of hydrogen-bond donors (Lipinski definition) is 0. The van der Waals surface area contributed by atoms with Gasteiger partial charge in [-0.05, 0) is 58.7 Å². The number of ketones is 1. The quantitative estimate of drug-likeness (QED) is 0.228. The predicted octanol–water partition coefficient (Wildman–Crippen LogP) is 4.92. The third kappa shape index (κ3) is 3.62. The molecule has 4 atom stereocenters. The van der Waals surface area contributed by atoms with Gasteiger partial charge in [0, 0.05) is 10.5 Å². The van der Waals surface area contributed by atoms with Gasteiger partial charge in [-0.25, -0.2) is 4.90 Å². The molecule has 0 radical (unpaired) electrons. The molecule has 2 aliphatic carbocycles. The Bertz CT molecular complexity index is 1510. The van der Waals surface area contributed by atoms with Crippen molar-refractivity contribution in [2.75, 3.05) is 19.1 Å². The zero-order chi connectivity index (χ0) is 27.6. The van der Waals surface area contributed by atoms with Crippen molar-refractivity contribution in [2.24, 2.45) is 23.7 Å². The highest BCUT2D eigenvalue weighted by Gasteiger charge is 2.68. The van der Waals surface area contributed by atoms with E-state index in [2.05, 4.69) is 15.9 Å². The van der Waals surface area contributed by atoms with E-state index in [4.69, 9.17) is 9.47 Å². The smallest absolute Gasteiger partial charge is 0.294 e. The number of Topliss-reactive ketones (excluding diaryl/α,β-unsaturated/α-hetero) is 1. The monoisotopic (exact) mass is 588 g/mol. The van der Waals surface area contributed by atoms with Crippen LogP contribution in [0.25, 0.3) is 11.1 Å². The Hall–Kier alpha value is -4.31. The summed E-state index contributed by atoms with van der Waals surface area (Å²) in [6.07, 6.45) is 0. The van der Waals surface area contributed by atoms with E-state index in [1.165, 1.54) is 12.1 Å². The number of halogens is 1. The van der Waals surface area contributed by atoms with Gasteiger partial charge in [0.05, 0.1) is 42.8 Å². The van der Waals surface area contributed by atoms with Crippen LogP contribution in [0.1, 0.15) is 11.1 Å². The van der Waals surface area contributed by atoms with E-state index in [1.807, 2.05) is 24.3 Å². The summed E-state index contributed by atoms with van der Waals surface area (Å²) in [4.78, 5) is 53.6. The summed E-state index contributed by atoms with van der Waals surface area (Å²) in [5, 5.41) is 11.8. The maximum atomic E-state index is 13.9. The molecule has 6 rings (SSSR count). The van der Waals surface area contributed by atoms with Gasteiger partial charge in [-0.1, -0.05) is 40.2 Å². The molecule has 39 heavy (non-hydrogen) atoms. The Labute approximate surface area is 231 Å². The lowest BCUT2D eigenvalue weighted by molar-refractivity contribution is -0.384. The van der Waals surface area contributed by atoms with E-state index in [-0.39, 0.29) is 17.2 Å². The Balaban J connectivity index is 1.51. The minimum Gasteiger partial charge on any atom is -0.497 e. The van der Waals surface area contributed by atoms with Crippen molar-refractivity contribution in [2.45, 2.75) is 0 Å². The number of carbonyl (C=O) groups is 3. The number of methoxy groups -OCH3 is 2. The molecule has 3 aliphatic rings. The zero-order valence-corrected chi connectivity index (χ0v) is 22.4. The molecule has 0 aromatic heterocycles. The minimum atomic E-state index is -0.947. The molecule has 4 unspecified atom stereocenters. The first kappa shape index (κ1) is 25.0. The molecule has 1 heterocycles. The molecule has 9 nitrogen and oxygen atoms in total. The normalized spacial score (nSPS) is 23.5. The molecule has 1 aliphatic heterocycles. The second-order valence-electron chi connectivity index (χ2n) is 9.60. The van der Waals surface area contributed by atoms with Gasteiger partial charge in [0.1, 0.15) is 23.0 Å². The molecular weight excluding hydrogens is 568 g/mol. The lowest BCUT2D eigenvalue weighted by Crippen LogP contribution is -2.35. The number of nitro groups is 1. The van der Waals surface area contributed by atoms with E-state index in [0.717, 1.165) is 16.0 Å². The first-order valence-electron chi connectivity index (χ1n) is 12.1. The molecule has 2 bridgehead atoms. The van der Waals surface area contributed by atoms with Crippen LogP contribution >= 0.6 is 15.9 Å². The van der Waals surface area contributed by atoms with E-state index >= 15 is 0 Å². The van der Waals surface area contributed by atoms with Crippen LogP contribution in [0.4, 0.5) is 11.4 Å². The van der Waals surface area contributed by atoms with Gasteiger partial charge in [0.2, 0.25) is 11.8 Å². The average Bonchev–Trinajstić information content (AvgIpc) is 3.50. The second kappa shape index (κ2) is 9.16. The summed E-state index contributed by atoms with van der Waals surface area (Å²) in [5.41, 5.74) is 2.39. The summed E-state index contributed by atoms with van der Waals surface area (Å²) < 4.78 is 11.0. The summed E-state index contributed by atoms with van der Waals surface area (Å²) in [6, 6.07) is 18.6. The van der Waals surface area contributed by atoms with Crippen LogP contribution in [0.2, 0.25) is 0 Å². The molecule has 0 spiro atoms. The van der Waals surface area contributed by atoms with Crippen LogP contribution in [0.5, 0.6) is 11.5 Å². The van der Waals surface area contributed by atoms with Gasteiger partial charge in [-0.3, -0.25) is 24.5 Å². The number of rotatable bonds is 6. The number of nitro benzene ring substituents is 1. The maximum absolute atomic E-state index is 13.9. The van der Waals surface area contributed by atoms with Crippen LogP contribution in [-0.4, -0.2) is 36.7 Å². The highest BCUT2D eigenvalue weighted by molar-refractivity contribution is 9.10. The van der Waals surface area contributed by atoms with Gasteiger partial charge in [0.15, 0.2) is 0 Å².